The fourth-order valence-electron chi connectivity index (χ4n) is 1.53. The highest BCUT2D eigenvalue weighted by molar-refractivity contribution is 5.32. The summed E-state index contributed by atoms with van der Waals surface area (Å²) in [5.74, 6) is -1.72. The molecule has 0 aliphatic carbocycles. The Morgan fingerprint density at radius 1 is 1.29 bits per heavy atom. The molecule has 90 valence electrons. The van der Waals surface area contributed by atoms with Crippen LogP contribution >= 0.6 is 0 Å². The van der Waals surface area contributed by atoms with E-state index in [-0.39, 0.29) is 0 Å². The molecule has 1 aromatic heterocycles. The van der Waals surface area contributed by atoms with Gasteiger partial charge in [-0.1, -0.05) is 0 Å². The van der Waals surface area contributed by atoms with Crippen LogP contribution in [0.25, 0.3) is 5.69 Å². The topological polar surface area (TPSA) is 29.9 Å². The van der Waals surface area contributed by atoms with E-state index in [4.69, 9.17) is 0 Å². The van der Waals surface area contributed by atoms with Crippen LogP contribution in [-0.4, -0.2) is 23.4 Å². The Labute approximate surface area is 98.1 Å². The van der Waals surface area contributed by atoms with Crippen molar-refractivity contribution in [1.82, 2.24) is 15.1 Å². The third-order valence-corrected chi connectivity index (χ3v) is 2.47. The first-order chi connectivity index (χ1) is 8.20. The maximum Gasteiger partial charge on any atom is 0.160 e. The van der Waals surface area contributed by atoms with Gasteiger partial charge >= 0.3 is 0 Å². The van der Waals surface area contributed by atoms with Gasteiger partial charge < -0.3 is 5.32 Å². The van der Waals surface area contributed by atoms with Crippen molar-refractivity contribution in [3.63, 3.8) is 0 Å². The molecule has 0 saturated heterocycles. The smallest absolute Gasteiger partial charge is 0.160 e. The van der Waals surface area contributed by atoms with E-state index >= 15 is 0 Å². The first-order valence-electron chi connectivity index (χ1n) is 5.34. The second kappa shape index (κ2) is 5.05. The van der Waals surface area contributed by atoms with Gasteiger partial charge in [-0.25, -0.2) is 13.5 Å². The number of halogens is 2. The van der Waals surface area contributed by atoms with Crippen molar-refractivity contribution in [2.45, 2.75) is 6.42 Å². The molecule has 0 saturated carbocycles. The molecule has 0 atom stereocenters. The number of likely N-dealkylation sites (N-methyl/N-ethyl adjacent to an activating group) is 1. The highest BCUT2D eigenvalue weighted by Crippen LogP contribution is 2.13. The molecule has 0 aliphatic heterocycles. The van der Waals surface area contributed by atoms with Crippen LogP contribution < -0.4 is 5.32 Å². The minimum absolute atomic E-state index is 0.514. The lowest BCUT2D eigenvalue weighted by molar-refractivity contribution is 0.507. The summed E-state index contributed by atoms with van der Waals surface area (Å²) in [5.41, 5.74) is 1.56. The molecule has 5 heteroatoms. The summed E-state index contributed by atoms with van der Waals surface area (Å²) in [5, 5.41) is 7.15. The molecule has 0 bridgehead atoms. The quantitative estimate of drug-likeness (QED) is 0.880. The average Bonchev–Trinajstić information content (AvgIpc) is 2.79. The van der Waals surface area contributed by atoms with Crippen LogP contribution in [0.1, 0.15) is 5.56 Å². The summed E-state index contributed by atoms with van der Waals surface area (Å²) >= 11 is 0. The lowest BCUT2D eigenvalue weighted by Gasteiger charge is -2.01. The van der Waals surface area contributed by atoms with Crippen LogP contribution in [0.15, 0.2) is 30.6 Å². The van der Waals surface area contributed by atoms with Crippen molar-refractivity contribution in [2.75, 3.05) is 13.6 Å². The zero-order valence-corrected chi connectivity index (χ0v) is 9.45. The second-order valence-corrected chi connectivity index (χ2v) is 3.75. The Bertz CT molecular complexity index is 508. The Balaban J connectivity index is 2.21. The number of hydrogen-bond acceptors (Lipinski definition) is 2. The molecule has 2 rings (SSSR count). The summed E-state index contributed by atoms with van der Waals surface area (Å²) in [6.07, 6.45) is 4.38. The SMILES string of the molecule is CNCCc1cnn(-c2ccc(F)c(F)c2)c1. The molecular weight excluding hydrogens is 224 g/mol. The van der Waals surface area contributed by atoms with E-state index in [1.807, 2.05) is 13.2 Å². The molecule has 3 nitrogen and oxygen atoms in total. The first kappa shape index (κ1) is 11.7. The van der Waals surface area contributed by atoms with Crippen LogP contribution in [-0.2, 0) is 6.42 Å². The van der Waals surface area contributed by atoms with Crippen molar-refractivity contribution in [3.8, 4) is 5.69 Å². The third-order valence-electron chi connectivity index (χ3n) is 2.47. The Hall–Kier alpha value is -1.75. The number of aromatic nitrogens is 2. The predicted octanol–water partition coefficient (Wildman–Crippen LogP) is 1.91. The van der Waals surface area contributed by atoms with E-state index in [2.05, 4.69) is 10.4 Å². The zero-order chi connectivity index (χ0) is 12.3. The number of hydrogen-bond donors (Lipinski definition) is 1. The van der Waals surface area contributed by atoms with E-state index in [0.717, 1.165) is 30.7 Å². The van der Waals surface area contributed by atoms with E-state index in [1.165, 1.54) is 10.7 Å². The number of nitrogens with zero attached hydrogens (tertiary/aromatic N) is 2. The van der Waals surface area contributed by atoms with E-state index in [9.17, 15) is 8.78 Å². The maximum absolute atomic E-state index is 13.0. The summed E-state index contributed by atoms with van der Waals surface area (Å²) in [6, 6.07) is 3.72. The largest absolute Gasteiger partial charge is 0.319 e. The molecule has 0 fully saturated rings. The van der Waals surface area contributed by atoms with Crippen LogP contribution in [0.4, 0.5) is 8.78 Å². The lowest BCUT2D eigenvalue weighted by Crippen LogP contribution is -2.09. The Morgan fingerprint density at radius 3 is 2.82 bits per heavy atom. The predicted molar refractivity (Wildman–Crippen MR) is 61.1 cm³/mol. The molecular formula is C12H13F2N3. The molecule has 0 amide bonds. The Morgan fingerprint density at radius 2 is 2.12 bits per heavy atom. The number of nitrogens with one attached hydrogen (secondary N) is 1. The van der Waals surface area contributed by atoms with Crippen LogP contribution in [0.5, 0.6) is 0 Å². The summed E-state index contributed by atoms with van der Waals surface area (Å²) in [6.45, 7) is 0.851. The van der Waals surface area contributed by atoms with Crippen molar-refractivity contribution in [3.05, 3.63) is 47.8 Å². The highest BCUT2D eigenvalue weighted by atomic mass is 19.2. The van der Waals surface area contributed by atoms with Crippen molar-refractivity contribution >= 4 is 0 Å². The van der Waals surface area contributed by atoms with Crippen LogP contribution in [0.3, 0.4) is 0 Å². The first-order valence-corrected chi connectivity index (χ1v) is 5.34. The van der Waals surface area contributed by atoms with Gasteiger partial charge in [0, 0.05) is 12.3 Å². The second-order valence-electron chi connectivity index (χ2n) is 3.75. The van der Waals surface area contributed by atoms with Crippen LogP contribution in [0, 0.1) is 11.6 Å². The standard InChI is InChI=1S/C12H13F2N3/c1-15-5-4-9-7-16-17(8-9)10-2-3-11(13)12(14)6-10/h2-3,6-8,15H,4-5H2,1H3. The minimum atomic E-state index is -0.866. The van der Waals surface area contributed by atoms with Crippen molar-refractivity contribution in [1.29, 1.82) is 0 Å². The molecule has 0 spiro atoms. The molecule has 1 N–H and O–H groups in total. The number of benzene rings is 1. The van der Waals surface area contributed by atoms with Crippen molar-refractivity contribution in [2.24, 2.45) is 0 Å². The van der Waals surface area contributed by atoms with Gasteiger partial charge in [0.1, 0.15) is 0 Å². The molecule has 2 aromatic rings. The van der Waals surface area contributed by atoms with Gasteiger partial charge in [-0.3, -0.25) is 0 Å². The van der Waals surface area contributed by atoms with Crippen molar-refractivity contribution < 1.29 is 8.78 Å². The fraction of sp³-hybridized carbons (Fsp3) is 0.250. The molecule has 0 radical (unpaired) electrons. The van der Waals surface area contributed by atoms with Gasteiger partial charge in [-0.2, -0.15) is 5.10 Å². The minimum Gasteiger partial charge on any atom is -0.319 e. The Kier molecular flexibility index (Phi) is 3.49. The van der Waals surface area contributed by atoms with Crippen LogP contribution in [0.2, 0.25) is 0 Å². The van der Waals surface area contributed by atoms with E-state index < -0.39 is 11.6 Å². The van der Waals surface area contributed by atoms with Gasteiger partial charge in [0.15, 0.2) is 11.6 Å². The monoisotopic (exact) mass is 237 g/mol. The fourth-order valence-corrected chi connectivity index (χ4v) is 1.53. The summed E-state index contributed by atoms with van der Waals surface area (Å²) in [4.78, 5) is 0. The maximum atomic E-state index is 13.0. The molecule has 0 aliphatic rings. The van der Waals surface area contributed by atoms with Gasteiger partial charge in [-0.15, -0.1) is 0 Å². The number of rotatable bonds is 4. The highest BCUT2D eigenvalue weighted by Gasteiger charge is 2.05. The zero-order valence-electron chi connectivity index (χ0n) is 9.45. The van der Waals surface area contributed by atoms with E-state index in [1.54, 1.807) is 6.20 Å². The van der Waals surface area contributed by atoms with Gasteiger partial charge in [0.05, 0.1) is 11.9 Å². The van der Waals surface area contributed by atoms with Gasteiger partial charge in [-0.05, 0) is 37.7 Å². The molecule has 1 aromatic carbocycles. The van der Waals surface area contributed by atoms with Gasteiger partial charge in [0.2, 0.25) is 0 Å². The molecule has 17 heavy (non-hydrogen) atoms. The normalized spacial score (nSPS) is 10.8. The van der Waals surface area contributed by atoms with Gasteiger partial charge in [0.25, 0.3) is 0 Å². The molecule has 1 heterocycles. The third kappa shape index (κ3) is 2.68. The summed E-state index contributed by atoms with van der Waals surface area (Å²) in [7, 11) is 1.87. The summed E-state index contributed by atoms with van der Waals surface area (Å²) < 4.78 is 27.4. The lowest BCUT2D eigenvalue weighted by atomic mass is 10.2. The molecule has 0 unspecified atom stereocenters. The van der Waals surface area contributed by atoms with E-state index in [0.29, 0.717) is 5.69 Å². The average molecular weight is 237 g/mol.